The van der Waals surface area contributed by atoms with E-state index < -0.39 is 0 Å². The monoisotopic (exact) mass is 355 g/mol. The summed E-state index contributed by atoms with van der Waals surface area (Å²) in [7, 11) is 0. The van der Waals surface area contributed by atoms with Gasteiger partial charge in [-0.3, -0.25) is 9.78 Å². The number of hydrogen-bond acceptors (Lipinski definition) is 5. The number of fused-ring (bicyclic) bond motifs is 1. The topological polar surface area (TPSA) is 83.0 Å². The van der Waals surface area contributed by atoms with Gasteiger partial charge < -0.3 is 0 Å². The molecule has 0 aliphatic heterocycles. The maximum Gasteiger partial charge on any atom is 0.262 e. The van der Waals surface area contributed by atoms with Crippen LogP contribution in [0.25, 0.3) is 22.2 Å². The van der Waals surface area contributed by atoms with Gasteiger partial charge in [0, 0.05) is 6.20 Å². The van der Waals surface area contributed by atoms with Crippen molar-refractivity contribution in [1.82, 2.24) is 15.0 Å². The van der Waals surface area contributed by atoms with Gasteiger partial charge in [0.25, 0.3) is 5.56 Å². The molecular weight excluding hydrogens is 338 g/mol. The van der Waals surface area contributed by atoms with Crippen molar-refractivity contribution >= 4 is 23.2 Å². The van der Waals surface area contributed by atoms with Crippen LogP contribution in [0.15, 0.2) is 76.8 Å². The number of nitrogens with one attached hydrogen (secondary N) is 2. The second-order valence-electron chi connectivity index (χ2n) is 6.12. The molecule has 0 radical (unpaired) electrons. The van der Waals surface area contributed by atoms with Crippen molar-refractivity contribution in [1.29, 1.82) is 0 Å². The van der Waals surface area contributed by atoms with Crippen LogP contribution in [0.5, 0.6) is 0 Å². The predicted molar refractivity (Wildman–Crippen MR) is 108 cm³/mol. The van der Waals surface area contributed by atoms with Crippen molar-refractivity contribution in [3.8, 4) is 11.1 Å². The van der Waals surface area contributed by atoms with E-state index in [1.165, 1.54) is 5.56 Å². The fourth-order valence-corrected chi connectivity index (χ4v) is 2.79. The smallest absolute Gasteiger partial charge is 0.262 e. The second-order valence-corrected chi connectivity index (χ2v) is 6.12. The molecule has 0 unspecified atom stereocenters. The highest BCUT2D eigenvalue weighted by Crippen LogP contribution is 2.24. The highest BCUT2D eigenvalue weighted by Gasteiger charge is 2.10. The van der Waals surface area contributed by atoms with E-state index in [-0.39, 0.29) is 11.5 Å². The van der Waals surface area contributed by atoms with Crippen LogP contribution in [-0.2, 0) is 0 Å². The van der Waals surface area contributed by atoms with Gasteiger partial charge in [-0.15, -0.1) is 0 Å². The minimum absolute atomic E-state index is 0.244. The summed E-state index contributed by atoms with van der Waals surface area (Å²) < 4.78 is 0. The summed E-state index contributed by atoms with van der Waals surface area (Å²) in [6, 6.07) is 19.5. The molecule has 0 atom stereocenters. The fourth-order valence-electron chi connectivity index (χ4n) is 2.79. The van der Waals surface area contributed by atoms with Crippen LogP contribution in [0.4, 0.5) is 5.95 Å². The molecule has 2 aromatic heterocycles. The Balaban J connectivity index is 1.66. The Morgan fingerprint density at radius 2 is 1.81 bits per heavy atom. The molecule has 2 aromatic carbocycles. The zero-order chi connectivity index (χ0) is 18.6. The minimum Gasteiger partial charge on any atom is -0.291 e. The molecule has 4 aromatic rings. The van der Waals surface area contributed by atoms with Gasteiger partial charge in [-0.2, -0.15) is 10.1 Å². The van der Waals surface area contributed by atoms with Crippen LogP contribution in [0.1, 0.15) is 11.1 Å². The standard InChI is InChI=1S/C21H17N5O/c1-14-7-9-15(10-8-14)13-23-26-21-24-19-18(20(27)25-21)17(11-12-22-19)16-5-3-2-4-6-16/h2-13H,1H3,(H2,22,24,25,26,27)/b23-13+. The van der Waals surface area contributed by atoms with E-state index in [4.69, 9.17) is 0 Å². The summed E-state index contributed by atoms with van der Waals surface area (Å²) >= 11 is 0. The number of pyridine rings is 1. The van der Waals surface area contributed by atoms with Crippen molar-refractivity contribution < 1.29 is 0 Å². The lowest BCUT2D eigenvalue weighted by molar-refractivity contribution is 1.10. The van der Waals surface area contributed by atoms with Gasteiger partial charge in [-0.25, -0.2) is 10.4 Å². The Kier molecular flexibility index (Phi) is 4.45. The molecule has 2 N–H and O–H groups in total. The van der Waals surface area contributed by atoms with E-state index in [9.17, 15) is 4.79 Å². The molecule has 4 rings (SSSR count). The number of nitrogens with zero attached hydrogens (tertiary/aromatic N) is 3. The number of hydrazone groups is 1. The maximum absolute atomic E-state index is 12.6. The minimum atomic E-state index is -0.264. The lowest BCUT2D eigenvalue weighted by Gasteiger charge is -2.06. The highest BCUT2D eigenvalue weighted by atomic mass is 16.1. The first-order chi connectivity index (χ1) is 13.2. The molecule has 0 spiro atoms. The van der Waals surface area contributed by atoms with Gasteiger partial charge in [-0.1, -0.05) is 60.2 Å². The molecular formula is C21H17N5O. The average Bonchev–Trinajstić information content (AvgIpc) is 2.70. The Labute approximate surface area is 155 Å². The first kappa shape index (κ1) is 16.7. The molecule has 0 saturated heterocycles. The number of hydrogen-bond donors (Lipinski definition) is 2. The van der Waals surface area contributed by atoms with E-state index in [2.05, 4.69) is 25.5 Å². The molecule has 0 fully saturated rings. The number of H-pyrrole nitrogens is 1. The number of aromatic nitrogens is 3. The van der Waals surface area contributed by atoms with Crippen LogP contribution in [0, 0.1) is 6.92 Å². The van der Waals surface area contributed by atoms with Crippen LogP contribution in [0.2, 0.25) is 0 Å². The summed E-state index contributed by atoms with van der Waals surface area (Å²) in [5, 5.41) is 4.59. The molecule has 6 nitrogen and oxygen atoms in total. The van der Waals surface area contributed by atoms with E-state index >= 15 is 0 Å². The molecule has 132 valence electrons. The van der Waals surface area contributed by atoms with Gasteiger partial charge in [-0.05, 0) is 29.7 Å². The molecule has 0 bridgehead atoms. The first-order valence-corrected chi connectivity index (χ1v) is 8.51. The lowest BCUT2D eigenvalue weighted by Crippen LogP contribution is -2.13. The third kappa shape index (κ3) is 3.59. The molecule has 0 aliphatic carbocycles. The highest BCUT2D eigenvalue weighted by molar-refractivity contribution is 5.92. The average molecular weight is 355 g/mol. The number of aryl methyl sites for hydroxylation is 1. The first-order valence-electron chi connectivity index (χ1n) is 8.51. The number of benzene rings is 2. The maximum atomic E-state index is 12.6. The van der Waals surface area contributed by atoms with Gasteiger partial charge in [0.1, 0.15) is 0 Å². The Bertz CT molecular complexity index is 1160. The van der Waals surface area contributed by atoms with Gasteiger partial charge in [0.05, 0.1) is 11.6 Å². The summed E-state index contributed by atoms with van der Waals surface area (Å²) in [6.45, 7) is 2.03. The lowest BCUT2D eigenvalue weighted by atomic mass is 10.0. The Morgan fingerprint density at radius 3 is 2.59 bits per heavy atom. The van der Waals surface area contributed by atoms with E-state index in [1.54, 1.807) is 12.4 Å². The van der Waals surface area contributed by atoms with Crippen LogP contribution in [-0.4, -0.2) is 21.2 Å². The zero-order valence-electron chi connectivity index (χ0n) is 14.7. The largest absolute Gasteiger partial charge is 0.291 e. The zero-order valence-corrected chi connectivity index (χ0v) is 14.7. The van der Waals surface area contributed by atoms with Crippen LogP contribution in [0.3, 0.4) is 0 Å². The van der Waals surface area contributed by atoms with E-state index in [0.29, 0.717) is 11.0 Å². The van der Waals surface area contributed by atoms with Crippen molar-refractivity contribution in [2.24, 2.45) is 5.10 Å². The van der Waals surface area contributed by atoms with Crippen molar-refractivity contribution in [2.75, 3.05) is 5.43 Å². The summed E-state index contributed by atoms with van der Waals surface area (Å²) in [5.41, 5.74) is 6.73. The second kappa shape index (κ2) is 7.21. The summed E-state index contributed by atoms with van der Waals surface area (Å²) in [4.78, 5) is 24.0. The number of rotatable bonds is 4. The molecule has 2 heterocycles. The van der Waals surface area contributed by atoms with Gasteiger partial charge >= 0.3 is 0 Å². The van der Waals surface area contributed by atoms with Crippen LogP contribution >= 0.6 is 0 Å². The molecule has 0 saturated carbocycles. The summed E-state index contributed by atoms with van der Waals surface area (Å²) in [5.74, 6) is 0.244. The SMILES string of the molecule is Cc1ccc(/C=N/Nc2nc3nccc(-c4ccccc4)c3c(=O)[nH]2)cc1. The summed E-state index contributed by atoms with van der Waals surface area (Å²) in [6.07, 6.45) is 3.31. The molecule has 27 heavy (non-hydrogen) atoms. The predicted octanol–water partition coefficient (Wildman–Crippen LogP) is 3.74. The third-order valence-electron chi connectivity index (χ3n) is 4.15. The van der Waals surface area contributed by atoms with Gasteiger partial charge in [0.15, 0.2) is 5.65 Å². The third-order valence-corrected chi connectivity index (χ3v) is 4.15. The Hall–Kier alpha value is -3.80. The fraction of sp³-hybridized carbons (Fsp3) is 0.0476. The van der Waals surface area contributed by atoms with Gasteiger partial charge in [0.2, 0.25) is 5.95 Å². The van der Waals surface area contributed by atoms with E-state index in [0.717, 1.165) is 16.7 Å². The molecule has 0 aliphatic rings. The normalized spacial score (nSPS) is 11.1. The van der Waals surface area contributed by atoms with Crippen molar-refractivity contribution in [2.45, 2.75) is 6.92 Å². The quantitative estimate of drug-likeness (QED) is 0.431. The molecule has 0 amide bonds. The van der Waals surface area contributed by atoms with E-state index in [1.807, 2.05) is 67.6 Å². The number of aromatic amines is 1. The Morgan fingerprint density at radius 1 is 1.04 bits per heavy atom. The van der Waals surface area contributed by atoms with Crippen molar-refractivity contribution in [3.63, 3.8) is 0 Å². The van der Waals surface area contributed by atoms with Crippen LogP contribution < -0.4 is 11.0 Å². The van der Waals surface area contributed by atoms with Crippen molar-refractivity contribution in [3.05, 3.63) is 88.3 Å². The molecule has 6 heteroatoms. The number of anilines is 1.